The second kappa shape index (κ2) is 11.7. The van der Waals surface area contributed by atoms with E-state index in [1.807, 2.05) is 18.0 Å². The molecule has 1 unspecified atom stereocenters. The molecule has 218 valence electrons. The van der Waals surface area contributed by atoms with Crippen LogP contribution in [-0.2, 0) is 11.2 Å². The number of pyridine rings is 1. The SMILES string of the molecule is CCc1nc2ccc(N3CCN(CC(=O)N4CCC([18F])C4)CC3)cn2c1N(C)c1nc(-c2ccc(F)cc2)c(C#N)s1. The summed E-state index contributed by atoms with van der Waals surface area (Å²) in [5.41, 5.74) is 3.99. The van der Waals surface area contributed by atoms with Crippen molar-refractivity contribution < 1.29 is 13.6 Å². The number of imidazole rings is 1. The molecule has 9 nitrogen and oxygen atoms in total. The first-order valence-corrected chi connectivity index (χ1v) is 15.0. The van der Waals surface area contributed by atoms with Crippen molar-refractivity contribution in [1.29, 1.82) is 5.26 Å². The number of nitriles is 1. The van der Waals surface area contributed by atoms with Crippen molar-refractivity contribution in [3.8, 4) is 17.3 Å². The first-order valence-electron chi connectivity index (χ1n) is 14.1. The Hall–Kier alpha value is -4.08. The van der Waals surface area contributed by atoms with Gasteiger partial charge in [0.15, 0.2) is 5.13 Å². The van der Waals surface area contributed by atoms with E-state index in [1.165, 1.54) is 23.5 Å². The molecule has 6 rings (SSSR count). The zero-order valence-corrected chi connectivity index (χ0v) is 24.4. The highest BCUT2D eigenvalue weighted by Crippen LogP contribution is 2.37. The van der Waals surface area contributed by atoms with E-state index in [4.69, 9.17) is 9.97 Å². The molecule has 0 aliphatic carbocycles. The van der Waals surface area contributed by atoms with E-state index < -0.39 is 6.17 Å². The molecule has 2 aliphatic heterocycles. The summed E-state index contributed by atoms with van der Waals surface area (Å²) in [6, 6.07) is 12.3. The molecule has 1 atom stereocenters. The lowest BCUT2D eigenvalue weighted by Crippen LogP contribution is -2.50. The topological polar surface area (TPSA) is 84.0 Å². The summed E-state index contributed by atoms with van der Waals surface area (Å²) in [5, 5.41) is 10.5. The van der Waals surface area contributed by atoms with Crippen LogP contribution in [0.15, 0.2) is 42.6 Å². The standard InChI is InChI=1S/C30H32F2N8OS/c1-3-24-29(36(2)30-35-28(25(16-33)42-30)20-4-6-21(31)7-5-20)40-18-23(8-9-26(40)34-24)38-14-12-37(13-15-38)19-27(41)39-11-10-22(32)17-39/h4-9,18,22H,3,10-15,17,19H2,1-2H3/i32-1. The minimum absolute atomic E-state index is 0.00698. The van der Waals surface area contributed by atoms with Gasteiger partial charge in [0, 0.05) is 51.5 Å². The molecule has 0 spiro atoms. The molecular weight excluding hydrogens is 557 g/mol. The van der Waals surface area contributed by atoms with Crippen molar-refractivity contribution in [1.82, 2.24) is 24.2 Å². The number of aryl methyl sites for hydroxylation is 1. The smallest absolute Gasteiger partial charge is 0.236 e. The maximum atomic E-state index is 13.5. The van der Waals surface area contributed by atoms with E-state index in [9.17, 15) is 18.8 Å². The lowest BCUT2D eigenvalue weighted by atomic mass is 10.1. The Morgan fingerprint density at radius 3 is 2.55 bits per heavy atom. The molecule has 0 bridgehead atoms. The number of nitrogens with zero attached hydrogens (tertiary/aromatic N) is 8. The normalized spacial score (nSPS) is 17.6. The number of piperazine rings is 1. The maximum Gasteiger partial charge on any atom is 0.236 e. The summed E-state index contributed by atoms with van der Waals surface area (Å²) in [5.74, 6) is 0.541. The number of alkyl halides is 1. The fourth-order valence-corrected chi connectivity index (χ4v) is 6.52. The number of hydrogen-bond donors (Lipinski definition) is 0. The van der Waals surface area contributed by atoms with Crippen LogP contribution in [-0.4, -0.2) is 89.1 Å². The van der Waals surface area contributed by atoms with Crippen LogP contribution in [0.1, 0.15) is 23.9 Å². The zero-order chi connectivity index (χ0) is 29.4. The van der Waals surface area contributed by atoms with Crippen LogP contribution in [0.25, 0.3) is 16.9 Å². The lowest BCUT2D eigenvalue weighted by molar-refractivity contribution is -0.131. The zero-order valence-electron chi connectivity index (χ0n) is 23.6. The Morgan fingerprint density at radius 2 is 1.88 bits per heavy atom. The molecule has 0 N–H and O–H groups in total. The molecule has 2 aliphatic rings. The first kappa shape index (κ1) is 28.1. The van der Waals surface area contributed by atoms with Gasteiger partial charge in [-0.05, 0) is 49.2 Å². The van der Waals surface area contributed by atoms with Crippen LogP contribution in [0.3, 0.4) is 0 Å². The second-order valence-corrected chi connectivity index (χ2v) is 11.7. The number of likely N-dealkylation sites (tertiary alicyclic amines) is 1. The molecule has 0 radical (unpaired) electrons. The molecule has 42 heavy (non-hydrogen) atoms. The number of hydrogen-bond acceptors (Lipinski definition) is 8. The Kier molecular flexibility index (Phi) is 7.79. The van der Waals surface area contributed by atoms with Crippen molar-refractivity contribution in [3.63, 3.8) is 0 Å². The minimum Gasteiger partial charge on any atom is -0.368 e. The predicted octanol–water partition coefficient (Wildman–Crippen LogP) is 4.49. The van der Waals surface area contributed by atoms with Crippen LogP contribution in [0, 0.1) is 17.1 Å². The van der Waals surface area contributed by atoms with Gasteiger partial charge in [-0.2, -0.15) is 5.26 Å². The number of halogens is 2. The molecule has 12 heteroatoms. The molecule has 3 aromatic heterocycles. The summed E-state index contributed by atoms with van der Waals surface area (Å²) < 4.78 is 29.1. The van der Waals surface area contributed by atoms with Crippen molar-refractivity contribution in [3.05, 3.63) is 59.0 Å². The second-order valence-electron chi connectivity index (χ2n) is 10.7. The van der Waals surface area contributed by atoms with Crippen molar-refractivity contribution in [2.45, 2.75) is 25.9 Å². The number of rotatable bonds is 7. The van der Waals surface area contributed by atoms with E-state index in [0.29, 0.717) is 47.2 Å². The van der Waals surface area contributed by atoms with Gasteiger partial charge in [-0.3, -0.25) is 14.1 Å². The third-order valence-electron chi connectivity index (χ3n) is 8.00. The average Bonchev–Trinajstić information content (AvgIpc) is 3.73. The molecule has 0 saturated carbocycles. The number of fused-ring (bicyclic) bond motifs is 1. The highest BCUT2D eigenvalue weighted by molar-refractivity contribution is 7.16. The van der Waals surface area contributed by atoms with Gasteiger partial charge in [0.25, 0.3) is 0 Å². The Bertz CT molecular complexity index is 1640. The average molecular weight is 590 g/mol. The summed E-state index contributed by atoms with van der Waals surface area (Å²) in [6.07, 6.45) is 2.33. The van der Waals surface area contributed by atoms with Gasteiger partial charge in [0.05, 0.1) is 24.5 Å². The number of benzene rings is 1. The van der Waals surface area contributed by atoms with Crippen molar-refractivity contribution >= 4 is 39.5 Å². The third-order valence-corrected chi connectivity index (χ3v) is 9.04. The van der Waals surface area contributed by atoms with Gasteiger partial charge in [0.1, 0.15) is 40.1 Å². The number of carbonyl (C=O) groups excluding carboxylic acids is 1. The fourth-order valence-electron chi connectivity index (χ4n) is 5.67. The van der Waals surface area contributed by atoms with E-state index in [-0.39, 0.29) is 18.3 Å². The quantitative estimate of drug-likeness (QED) is 0.314. The van der Waals surface area contributed by atoms with Crippen molar-refractivity contribution in [2.24, 2.45) is 0 Å². The third kappa shape index (κ3) is 5.42. The van der Waals surface area contributed by atoms with Crippen LogP contribution in [0.5, 0.6) is 0 Å². The minimum atomic E-state index is -0.901. The first-order chi connectivity index (χ1) is 20.3. The fraction of sp³-hybridized carbons (Fsp3) is 0.400. The van der Waals surface area contributed by atoms with E-state index in [1.54, 1.807) is 17.0 Å². The number of thiazole rings is 1. The van der Waals surface area contributed by atoms with Crippen LogP contribution in [0.4, 0.5) is 25.4 Å². The highest BCUT2D eigenvalue weighted by Gasteiger charge is 2.28. The highest BCUT2D eigenvalue weighted by atomic mass is 32.1. The van der Waals surface area contributed by atoms with Gasteiger partial charge in [0.2, 0.25) is 5.91 Å². The molecule has 2 fully saturated rings. The molecule has 2 saturated heterocycles. The van der Waals surface area contributed by atoms with Gasteiger partial charge in [-0.15, -0.1) is 0 Å². The monoisotopic (exact) mass is 589 g/mol. The Labute approximate surface area is 247 Å². The summed E-state index contributed by atoms with van der Waals surface area (Å²) >= 11 is 1.29. The number of aromatic nitrogens is 3. The molecule has 1 amide bonds. The molecule has 5 heterocycles. The number of amides is 1. The van der Waals surface area contributed by atoms with E-state index in [0.717, 1.165) is 49.0 Å². The predicted molar refractivity (Wildman–Crippen MR) is 160 cm³/mol. The Balaban J connectivity index is 1.22. The number of carbonyl (C=O) groups is 1. The molecule has 4 aromatic rings. The van der Waals surface area contributed by atoms with Crippen LogP contribution < -0.4 is 9.80 Å². The summed E-state index contributed by atoms with van der Waals surface area (Å²) in [7, 11) is 1.92. The van der Waals surface area contributed by atoms with Crippen molar-refractivity contribution in [2.75, 3.05) is 62.7 Å². The summed E-state index contributed by atoms with van der Waals surface area (Å²) in [4.78, 5) is 30.7. The van der Waals surface area contributed by atoms with Gasteiger partial charge in [-0.1, -0.05) is 18.3 Å². The molecular formula is C30H32F2N8OS. The van der Waals surface area contributed by atoms with Crippen LogP contribution >= 0.6 is 11.3 Å². The van der Waals surface area contributed by atoms with E-state index >= 15 is 0 Å². The van der Waals surface area contributed by atoms with Crippen LogP contribution in [0.2, 0.25) is 0 Å². The maximum absolute atomic E-state index is 13.5. The lowest BCUT2D eigenvalue weighted by Gasteiger charge is -2.36. The van der Waals surface area contributed by atoms with Gasteiger partial charge in [-0.25, -0.2) is 18.7 Å². The molecule has 1 aromatic carbocycles. The Morgan fingerprint density at radius 1 is 1.12 bits per heavy atom. The number of anilines is 3. The van der Waals surface area contributed by atoms with Gasteiger partial charge < -0.3 is 14.7 Å². The van der Waals surface area contributed by atoms with Gasteiger partial charge >= 0.3 is 0 Å². The van der Waals surface area contributed by atoms with E-state index in [2.05, 4.69) is 39.5 Å². The summed E-state index contributed by atoms with van der Waals surface area (Å²) in [6.45, 7) is 6.14. The largest absolute Gasteiger partial charge is 0.368 e.